The molecule has 0 aliphatic carbocycles. The highest BCUT2D eigenvalue weighted by atomic mass is 19.1. The number of halogens is 2. The minimum Gasteiger partial charge on any atom is -0.384 e. The summed E-state index contributed by atoms with van der Waals surface area (Å²) in [6.45, 7) is 2.08. The van der Waals surface area contributed by atoms with E-state index in [-0.39, 0.29) is 6.54 Å². The predicted molar refractivity (Wildman–Crippen MR) is 56.8 cm³/mol. The molecule has 2 N–H and O–H groups in total. The number of nitrogens with two attached hydrogens (primary N) is 1. The van der Waals surface area contributed by atoms with Gasteiger partial charge < -0.3 is 5.73 Å². The zero-order valence-electron chi connectivity index (χ0n) is 8.74. The minimum absolute atomic E-state index is 0.258. The number of hydrogen-bond donors (Lipinski definition) is 1. The Morgan fingerprint density at radius 2 is 1.88 bits per heavy atom. The number of rotatable bonds is 2. The minimum atomic E-state index is -0.600. The van der Waals surface area contributed by atoms with Crippen molar-refractivity contribution in [2.45, 2.75) is 13.5 Å². The summed E-state index contributed by atoms with van der Waals surface area (Å²) in [6, 6.07) is 3.36. The molecule has 2 aromatic rings. The number of anilines is 1. The van der Waals surface area contributed by atoms with Gasteiger partial charge in [-0.2, -0.15) is 5.10 Å². The van der Waals surface area contributed by atoms with Crippen LogP contribution < -0.4 is 5.73 Å². The average molecular weight is 223 g/mol. The van der Waals surface area contributed by atoms with Crippen LogP contribution in [0.1, 0.15) is 11.1 Å². The molecule has 0 saturated carbocycles. The largest absolute Gasteiger partial charge is 0.384 e. The second kappa shape index (κ2) is 3.92. The van der Waals surface area contributed by atoms with E-state index in [1.165, 1.54) is 16.8 Å². The van der Waals surface area contributed by atoms with Crippen molar-refractivity contribution in [3.8, 4) is 0 Å². The van der Waals surface area contributed by atoms with Crippen molar-refractivity contribution in [2.24, 2.45) is 0 Å². The third-order valence-corrected chi connectivity index (χ3v) is 2.33. The van der Waals surface area contributed by atoms with E-state index in [1.54, 1.807) is 6.20 Å². The molecule has 1 heterocycles. The number of hydrogen-bond acceptors (Lipinski definition) is 2. The van der Waals surface area contributed by atoms with E-state index in [0.29, 0.717) is 11.4 Å². The zero-order chi connectivity index (χ0) is 11.7. The fourth-order valence-electron chi connectivity index (χ4n) is 1.49. The first-order chi connectivity index (χ1) is 7.56. The first kappa shape index (κ1) is 10.6. The molecule has 3 nitrogen and oxygen atoms in total. The predicted octanol–water partition coefficient (Wildman–Crippen LogP) is 2.10. The van der Waals surface area contributed by atoms with Crippen LogP contribution in [0.3, 0.4) is 0 Å². The number of nitrogen functional groups attached to an aromatic ring is 1. The molecule has 0 unspecified atom stereocenters. The van der Waals surface area contributed by atoms with Gasteiger partial charge in [-0.15, -0.1) is 0 Å². The van der Waals surface area contributed by atoms with Gasteiger partial charge in [0.25, 0.3) is 0 Å². The molecule has 1 aromatic carbocycles. The second-order valence-electron chi connectivity index (χ2n) is 3.65. The number of aromatic nitrogens is 2. The lowest BCUT2D eigenvalue weighted by atomic mass is 10.2. The molecule has 0 aliphatic heterocycles. The number of nitrogens with zero attached hydrogens (tertiary/aromatic N) is 2. The second-order valence-corrected chi connectivity index (χ2v) is 3.65. The Hall–Kier alpha value is -1.91. The first-order valence-electron chi connectivity index (χ1n) is 4.79. The van der Waals surface area contributed by atoms with Gasteiger partial charge in [0.15, 0.2) is 0 Å². The lowest BCUT2D eigenvalue weighted by Gasteiger charge is -2.05. The van der Waals surface area contributed by atoms with E-state index in [2.05, 4.69) is 5.10 Å². The van der Waals surface area contributed by atoms with E-state index in [4.69, 9.17) is 5.73 Å². The van der Waals surface area contributed by atoms with Crippen molar-refractivity contribution < 1.29 is 8.78 Å². The van der Waals surface area contributed by atoms with Crippen LogP contribution in [0.15, 0.2) is 24.4 Å². The number of benzene rings is 1. The highest BCUT2D eigenvalue weighted by Crippen LogP contribution is 2.13. The fourth-order valence-corrected chi connectivity index (χ4v) is 1.49. The van der Waals surface area contributed by atoms with Gasteiger partial charge in [-0.25, -0.2) is 13.5 Å². The van der Waals surface area contributed by atoms with Gasteiger partial charge in [-0.3, -0.25) is 0 Å². The van der Waals surface area contributed by atoms with Crippen molar-refractivity contribution in [1.29, 1.82) is 0 Å². The summed E-state index contributed by atoms with van der Waals surface area (Å²) in [6.07, 6.45) is 1.62. The molecule has 0 spiro atoms. The lowest BCUT2D eigenvalue weighted by Crippen LogP contribution is -2.06. The molecule has 0 bridgehead atoms. The van der Waals surface area contributed by atoms with E-state index in [1.807, 2.05) is 6.92 Å². The highest BCUT2D eigenvalue weighted by Gasteiger charge is 2.06. The van der Waals surface area contributed by atoms with Crippen LogP contribution in [0.4, 0.5) is 14.6 Å². The van der Waals surface area contributed by atoms with Crippen LogP contribution in [0.5, 0.6) is 0 Å². The summed E-state index contributed by atoms with van der Waals surface area (Å²) in [7, 11) is 0. The maximum Gasteiger partial charge on any atom is 0.126 e. The Bertz CT molecular complexity index is 500. The van der Waals surface area contributed by atoms with Crippen molar-refractivity contribution in [3.05, 3.63) is 47.2 Å². The molecular formula is C11H11F2N3. The molecule has 16 heavy (non-hydrogen) atoms. The smallest absolute Gasteiger partial charge is 0.126 e. The van der Waals surface area contributed by atoms with Crippen molar-refractivity contribution in [3.63, 3.8) is 0 Å². The van der Waals surface area contributed by atoms with Gasteiger partial charge >= 0.3 is 0 Å². The molecular weight excluding hydrogens is 212 g/mol. The topological polar surface area (TPSA) is 43.8 Å². The SMILES string of the molecule is Cc1cnn(Cc2cc(F)cc(F)c2)c1N. The first-order valence-corrected chi connectivity index (χ1v) is 4.79. The molecule has 5 heteroatoms. The van der Waals surface area contributed by atoms with Crippen molar-refractivity contribution >= 4 is 5.82 Å². The normalized spacial score (nSPS) is 10.7. The Kier molecular flexibility index (Phi) is 2.60. The van der Waals surface area contributed by atoms with Gasteiger partial charge in [0.1, 0.15) is 17.5 Å². The molecule has 0 amide bonds. The summed E-state index contributed by atoms with van der Waals surface area (Å²) >= 11 is 0. The quantitative estimate of drug-likeness (QED) is 0.847. The molecule has 0 aliphatic rings. The highest BCUT2D eigenvalue weighted by molar-refractivity contribution is 5.37. The average Bonchev–Trinajstić information content (AvgIpc) is 2.48. The van der Waals surface area contributed by atoms with Gasteiger partial charge in [-0.1, -0.05) is 0 Å². The lowest BCUT2D eigenvalue weighted by molar-refractivity contribution is 0.575. The number of aryl methyl sites for hydroxylation is 1. The summed E-state index contributed by atoms with van der Waals surface area (Å²) < 4.78 is 27.4. The van der Waals surface area contributed by atoms with Crippen molar-refractivity contribution in [2.75, 3.05) is 5.73 Å². The molecule has 1 aromatic heterocycles. The Morgan fingerprint density at radius 1 is 1.25 bits per heavy atom. The maximum atomic E-state index is 12.9. The third kappa shape index (κ3) is 2.03. The van der Waals surface area contributed by atoms with E-state index in [9.17, 15) is 8.78 Å². The van der Waals surface area contributed by atoms with Gasteiger partial charge in [0.2, 0.25) is 0 Å². The standard InChI is InChI=1S/C11H11F2N3/c1-7-5-15-16(11(7)14)6-8-2-9(12)4-10(13)3-8/h2-5H,6,14H2,1H3. The monoisotopic (exact) mass is 223 g/mol. The third-order valence-electron chi connectivity index (χ3n) is 2.33. The molecule has 84 valence electrons. The van der Waals surface area contributed by atoms with Crippen LogP contribution in [-0.4, -0.2) is 9.78 Å². The zero-order valence-corrected chi connectivity index (χ0v) is 8.74. The Balaban J connectivity index is 2.30. The Labute approximate surface area is 91.5 Å². The molecule has 0 radical (unpaired) electrons. The van der Waals surface area contributed by atoms with E-state index < -0.39 is 11.6 Å². The maximum absolute atomic E-state index is 12.9. The van der Waals surface area contributed by atoms with Gasteiger partial charge in [-0.05, 0) is 24.6 Å². The Morgan fingerprint density at radius 3 is 2.38 bits per heavy atom. The van der Waals surface area contributed by atoms with Crippen LogP contribution >= 0.6 is 0 Å². The van der Waals surface area contributed by atoms with Gasteiger partial charge in [0.05, 0.1) is 12.7 Å². The summed E-state index contributed by atoms with van der Waals surface area (Å²) in [4.78, 5) is 0. The van der Waals surface area contributed by atoms with Crippen LogP contribution in [0.25, 0.3) is 0 Å². The summed E-state index contributed by atoms with van der Waals surface area (Å²) in [5.41, 5.74) is 7.08. The van der Waals surface area contributed by atoms with E-state index in [0.717, 1.165) is 11.6 Å². The van der Waals surface area contributed by atoms with Gasteiger partial charge in [0, 0.05) is 11.6 Å². The molecule has 0 fully saturated rings. The van der Waals surface area contributed by atoms with E-state index >= 15 is 0 Å². The van der Waals surface area contributed by atoms with Crippen LogP contribution in [0, 0.1) is 18.6 Å². The molecule has 2 rings (SSSR count). The van der Waals surface area contributed by atoms with Crippen LogP contribution in [0.2, 0.25) is 0 Å². The molecule has 0 atom stereocenters. The fraction of sp³-hybridized carbons (Fsp3) is 0.182. The molecule has 0 saturated heterocycles. The summed E-state index contributed by atoms with van der Waals surface area (Å²) in [5, 5.41) is 4.02. The summed E-state index contributed by atoms with van der Waals surface area (Å²) in [5.74, 6) is -0.695. The van der Waals surface area contributed by atoms with Crippen LogP contribution in [-0.2, 0) is 6.54 Å². The van der Waals surface area contributed by atoms with Crippen molar-refractivity contribution in [1.82, 2.24) is 9.78 Å².